The minimum atomic E-state index is 0.230. The topological polar surface area (TPSA) is 41.5 Å². The molecule has 3 nitrogen and oxygen atoms in total. The molecule has 0 bridgehead atoms. The van der Waals surface area contributed by atoms with Crippen molar-refractivity contribution in [3.05, 3.63) is 0 Å². The van der Waals surface area contributed by atoms with Gasteiger partial charge in [-0.1, -0.05) is 20.3 Å². The van der Waals surface area contributed by atoms with Gasteiger partial charge in [0.1, 0.15) is 0 Å². The molecule has 3 heteroatoms. The highest BCUT2D eigenvalue weighted by Crippen LogP contribution is 2.13. The Kier molecular flexibility index (Phi) is 6.22. The molecule has 0 aromatic rings. The van der Waals surface area contributed by atoms with Gasteiger partial charge in [-0.25, -0.2) is 0 Å². The number of hydrogen-bond donors (Lipinski definition) is 2. The van der Waals surface area contributed by atoms with Crippen molar-refractivity contribution in [2.24, 2.45) is 5.92 Å². The quantitative estimate of drug-likeness (QED) is 0.677. The second-order valence-electron chi connectivity index (χ2n) is 4.60. The van der Waals surface area contributed by atoms with Gasteiger partial charge in [0.25, 0.3) is 0 Å². The van der Waals surface area contributed by atoms with Gasteiger partial charge in [0, 0.05) is 19.2 Å². The molecule has 15 heavy (non-hydrogen) atoms. The van der Waals surface area contributed by atoms with Crippen molar-refractivity contribution >= 4 is 0 Å². The lowest BCUT2D eigenvalue weighted by Gasteiger charge is -2.24. The monoisotopic (exact) mass is 215 g/mol. The van der Waals surface area contributed by atoms with Crippen LogP contribution >= 0.6 is 0 Å². The maximum Gasteiger partial charge on any atom is 0.0700 e. The largest absolute Gasteiger partial charge is 0.395 e. The van der Waals surface area contributed by atoms with E-state index in [9.17, 15) is 5.11 Å². The van der Waals surface area contributed by atoms with Crippen LogP contribution in [0.1, 0.15) is 39.5 Å². The number of aliphatic hydroxyl groups excluding tert-OH is 1. The molecular weight excluding hydrogens is 190 g/mol. The van der Waals surface area contributed by atoms with Crippen LogP contribution in [0.5, 0.6) is 0 Å². The van der Waals surface area contributed by atoms with Crippen molar-refractivity contribution in [2.75, 3.05) is 19.8 Å². The summed E-state index contributed by atoms with van der Waals surface area (Å²) >= 11 is 0. The van der Waals surface area contributed by atoms with E-state index >= 15 is 0 Å². The van der Waals surface area contributed by atoms with Crippen LogP contribution in [0.15, 0.2) is 0 Å². The summed E-state index contributed by atoms with van der Waals surface area (Å²) in [5, 5.41) is 12.7. The van der Waals surface area contributed by atoms with E-state index in [4.69, 9.17) is 4.74 Å². The lowest BCUT2D eigenvalue weighted by molar-refractivity contribution is 0.0987. The molecule has 0 aromatic carbocycles. The van der Waals surface area contributed by atoms with Gasteiger partial charge in [-0.2, -0.15) is 0 Å². The molecule has 1 fully saturated rings. The van der Waals surface area contributed by atoms with Crippen LogP contribution in [-0.2, 0) is 4.74 Å². The first-order valence-electron chi connectivity index (χ1n) is 6.23. The molecule has 1 saturated heterocycles. The minimum absolute atomic E-state index is 0.230. The Morgan fingerprint density at radius 2 is 2.33 bits per heavy atom. The van der Waals surface area contributed by atoms with Gasteiger partial charge in [-0.3, -0.25) is 0 Å². The normalized spacial score (nSPS) is 25.4. The molecule has 0 amide bonds. The predicted molar refractivity (Wildman–Crippen MR) is 61.9 cm³/mol. The Balaban J connectivity index is 2.19. The van der Waals surface area contributed by atoms with Crippen molar-refractivity contribution in [1.82, 2.24) is 5.32 Å². The van der Waals surface area contributed by atoms with Crippen molar-refractivity contribution in [3.63, 3.8) is 0 Å². The molecule has 90 valence electrons. The lowest BCUT2D eigenvalue weighted by atomic mass is 9.97. The summed E-state index contributed by atoms with van der Waals surface area (Å²) in [6, 6.07) is 0.231. The Morgan fingerprint density at radius 3 is 2.87 bits per heavy atom. The molecule has 0 aliphatic carbocycles. The van der Waals surface area contributed by atoms with Gasteiger partial charge in [0.05, 0.1) is 12.7 Å². The van der Waals surface area contributed by atoms with E-state index in [1.54, 1.807) is 0 Å². The zero-order chi connectivity index (χ0) is 11.1. The summed E-state index contributed by atoms with van der Waals surface area (Å²) in [6.45, 7) is 6.41. The average Bonchev–Trinajstić information content (AvgIpc) is 2.72. The van der Waals surface area contributed by atoms with E-state index in [1.165, 1.54) is 19.3 Å². The zero-order valence-electron chi connectivity index (χ0n) is 10.0. The summed E-state index contributed by atoms with van der Waals surface area (Å²) < 4.78 is 5.54. The molecule has 1 aliphatic rings. The van der Waals surface area contributed by atoms with Gasteiger partial charge in [-0.05, 0) is 25.2 Å². The second-order valence-corrected chi connectivity index (χ2v) is 4.60. The Bertz CT molecular complexity index is 158. The van der Waals surface area contributed by atoms with Crippen LogP contribution in [0.2, 0.25) is 0 Å². The fourth-order valence-electron chi connectivity index (χ4n) is 2.19. The molecule has 1 aliphatic heterocycles. The Morgan fingerprint density at radius 1 is 1.53 bits per heavy atom. The van der Waals surface area contributed by atoms with Crippen molar-refractivity contribution in [1.29, 1.82) is 0 Å². The fourth-order valence-corrected chi connectivity index (χ4v) is 2.19. The predicted octanol–water partition coefficient (Wildman–Crippen LogP) is 1.55. The molecule has 3 atom stereocenters. The minimum Gasteiger partial charge on any atom is -0.395 e. The third kappa shape index (κ3) is 4.49. The van der Waals surface area contributed by atoms with Gasteiger partial charge < -0.3 is 15.2 Å². The van der Waals surface area contributed by atoms with Crippen molar-refractivity contribution in [2.45, 2.75) is 51.7 Å². The summed E-state index contributed by atoms with van der Waals surface area (Å²) in [6.07, 6.45) is 5.06. The Hall–Kier alpha value is -0.120. The van der Waals surface area contributed by atoms with Crippen LogP contribution < -0.4 is 5.32 Å². The number of nitrogens with one attached hydrogen (secondary N) is 1. The Labute approximate surface area is 93.2 Å². The first-order valence-corrected chi connectivity index (χ1v) is 6.23. The molecule has 0 saturated carbocycles. The maximum atomic E-state index is 9.29. The van der Waals surface area contributed by atoms with E-state index in [1.807, 2.05) is 0 Å². The second kappa shape index (κ2) is 7.20. The standard InChI is InChI=1S/C12H25NO2/c1-3-5-10(2)12(9-14)13-8-11-6-4-7-15-11/h10-14H,3-9H2,1-2H3. The van der Waals surface area contributed by atoms with Crippen LogP contribution in [-0.4, -0.2) is 37.0 Å². The van der Waals surface area contributed by atoms with Crippen LogP contribution in [0.3, 0.4) is 0 Å². The number of rotatable bonds is 7. The summed E-state index contributed by atoms with van der Waals surface area (Å²) in [4.78, 5) is 0. The average molecular weight is 215 g/mol. The van der Waals surface area contributed by atoms with E-state index in [2.05, 4.69) is 19.2 Å². The lowest BCUT2D eigenvalue weighted by Crippen LogP contribution is -2.42. The number of ether oxygens (including phenoxy) is 1. The first-order chi connectivity index (χ1) is 7.27. The van der Waals surface area contributed by atoms with Gasteiger partial charge in [0.15, 0.2) is 0 Å². The zero-order valence-corrected chi connectivity index (χ0v) is 10.0. The van der Waals surface area contributed by atoms with Crippen LogP contribution in [0.4, 0.5) is 0 Å². The molecule has 2 N–H and O–H groups in total. The van der Waals surface area contributed by atoms with Crippen molar-refractivity contribution in [3.8, 4) is 0 Å². The van der Waals surface area contributed by atoms with Crippen LogP contribution in [0.25, 0.3) is 0 Å². The highest BCUT2D eigenvalue weighted by molar-refractivity contribution is 4.76. The molecule has 0 aromatic heterocycles. The molecule has 0 radical (unpaired) electrons. The van der Waals surface area contributed by atoms with Crippen molar-refractivity contribution < 1.29 is 9.84 Å². The van der Waals surface area contributed by atoms with Gasteiger partial charge >= 0.3 is 0 Å². The SMILES string of the molecule is CCCC(C)C(CO)NCC1CCCO1. The summed E-state index contributed by atoms with van der Waals surface area (Å²) in [7, 11) is 0. The molecule has 1 heterocycles. The smallest absolute Gasteiger partial charge is 0.0700 e. The molecule has 0 spiro atoms. The fraction of sp³-hybridized carbons (Fsp3) is 1.00. The molecule has 3 unspecified atom stereocenters. The maximum absolute atomic E-state index is 9.29. The van der Waals surface area contributed by atoms with Gasteiger partial charge in [0.2, 0.25) is 0 Å². The van der Waals surface area contributed by atoms with E-state index in [0.29, 0.717) is 12.0 Å². The van der Waals surface area contributed by atoms with Gasteiger partial charge in [-0.15, -0.1) is 0 Å². The molecule has 1 rings (SSSR count). The summed E-state index contributed by atoms with van der Waals surface area (Å²) in [5.74, 6) is 0.543. The van der Waals surface area contributed by atoms with E-state index in [0.717, 1.165) is 19.6 Å². The molecular formula is C12H25NO2. The van der Waals surface area contributed by atoms with E-state index < -0.39 is 0 Å². The summed E-state index contributed by atoms with van der Waals surface area (Å²) in [5.41, 5.74) is 0. The third-order valence-corrected chi connectivity index (χ3v) is 3.26. The highest BCUT2D eigenvalue weighted by atomic mass is 16.5. The first kappa shape index (κ1) is 12.9. The highest BCUT2D eigenvalue weighted by Gasteiger charge is 2.19. The third-order valence-electron chi connectivity index (χ3n) is 3.26. The number of hydrogen-bond acceptors (Lipinski definition) is 3. The van der Waals surface area contributed by atoms with E-state index in [-0.39, 0.29) is 12.6 Å². The van der Waals surface area contributed by atoms with Crippen LogP contribution in [0, 0.1) is 5.92 Å². The number of aliphatic hydroxyl groups is 1.